The Morgan fingerprint density at radius 1 is 1.33 bits per heavy atom. The standard InChI is InChI=1S/C8H7BrF3NO2/c1-14-7-5(13)2-4(9)3-6(7)15-8(10,11)12/h2-3H,13H2,1H3. The third-order valence-electron chi connectivity index (χ3n) is 1.48. The molecule has 0 unspecified atom stereocenters. The van der Waals surface area contributed by atoms with Crippen molar-refractivity contribution < 1.29 is 22.6 Å². The van der Waals surface area contributed by atoms with Crippen molar-refractivity contribution in [2.24, 2.45) is 0 Å². The maximum atomic E-state index is 12.0. The number of alkyl halides is 3. The van der Waals surface area contributed by atoms with Crippen LogP contribution in [-0.2, 0) is 0 Å². The van der Waals surface area contributed by atoms with Crippen LogP contribution in [0, 0.1) is 0 Å². The van der Waals surface area contributed by atoms with Crippen LogP contribution >= 0.6 is 15.9 Å². The Morgan fingerprint density at radius 2 is 1.93 bits per heavy atom. The molecule has 0 radical (unpaired) electrons. The Morgan fingerprint density at radius 3 is 2.40 bits per heavy atom. The van der Waals surface area contributed by atoms with Gasteiger partial charge in [-0.1, -0.05) is 15.9 Å². The van der Waals surface area contributed by atoms with E-state index in [-0.39, 0.29) is 11.4 Å². The fourth-order valence-electron chi connectivity index (χ4n) is 1.01. The maximum absolute atomic E-state index is 12.0. The molecule has 1 aromatic carbocycles. The molecule has 0 saturated carbocycles. The summed E-state index contributed by atoms with van der Waals surface area (Å²) in [6.45, 7) is 0. The van der Waals surface area contributed by atoms with Crippen LogP contribution in [0.25, 0.3) is 0 Å². The molecule has 2 N–H and O–H groups in total. The van der Waals surface area contributed by atoms with Gasteiger partial charge in [-0.15, -0.1) is 13.2 Å². The highest BCUT2D eigenvalue weighted by atomic mass is 79.9. The van der Waals surface area contributed by atoms with Crippen molar-refractivity contribution in [3.63, 3.8) is 0 Å². The van der Waals surface area contributed by atoms with E-state index in [1.165, 1.54) is 13.2 Å². The van der Waals surface area contributed by atoms with E-state index < -0.39 is 12.1 Å². The number of methoxy groups -OCH3 is 1. The van der Waals surface area contributed by atoms with E-state index in [2.05, 4.69) is 20.7 Å². The largest absolute Gasteiger partial charge is 0.573 e. The minimum Gasteiger partial charge on any atom is -0.491 e. The number of halogens is 4. The smallest absolute Gasteiger partial charge is 0.491 e. The van der Waals surface area contributed by atoms with E-state index in [1.807, 2.05) is 0 Å². The zero-order valence-corrected chi connectivity index (χ0v) is 9.15. The summed E-state index contributed by atoms with van der Waals surface area (Å²) in [6, 6.07) is 2.55. The topological polar surface area (TPSA) is 44.5 Å². The number of ether oxygens (including phenoxy) is 2. The second-order valence-corrected chi connectivity index (χ2v) is 3.49. The van der Waals surface area contributed by atoms with Crippen LogP contribution in [0.2, 0.25) is 0 Å². The molecule has 0 saturated heterocycles. The van der Waals surface area contributed by atoms with Crippen molar-refractivity contribution in [3.8, 4) is 11.5 Å². The van der Waals surface area contributed by atoms with Gasteiger partial charge in [0.25, 0.3) is 0 Å². The number of nitrogens with two attached hydrogens (primary N) is 1. The predicted molar refractivity (Wildman–Crippen MR) is 51.8 cm³/mol. The van der Waals surface area contributed by atoms with Gasteiger partial charge >= 0.3 is 6.36 Å². The van der Waals surface area contributed by atoms with E-state index in [4.69, 9.17) is 10.5 Å². The molecule has 0 aromatic heterocycles. The summed E-state index contributed by atoms with van der Waals surface area (Å²) < 4.78 is 44.8. The summed E-state index contributed by atoms with van der Waals surface area (Å²) in [5, 5.41) is 0. The lowest BCUT2D eigenvalue weighted by atomic mass is 10.3. The van der Waals surface area contributed by atoms with Crippen LogP contribution in [0.5, 0.6) is 11.5 Å². The fourth-order valence-corrected chi connectivity index (χ4v) is 1.46. The van der Waals surface area contributed by atoms with Crippen LogP contribution in [0.15, 0.2) is 16.6 Å². The average molecular weight is 286 g/mol. The maximum Gasteiger partial charge on any atom is 0.573 e. The Kier molecular flexibility index (Phi) is 3.33. The quantitative estimate of drug-likeness (QED) is 0.850. The molecule has 7 heteroatoms. The van der Waals surface area contributed by atoms with Crippen molar-refractivity contribution in [2.45, 2.75) is 6.36 Å². The van der Waals surface area contributed by atoms with Gasteiger partial charge in [0, 0.05) is 4.47 Å². The van der Waals surface area contributed by atoms with E-state index in [9.17, 15) is 13.2 Å². The molecule has 0 spiro atoms. The van der Waals surface area contributed by atoms with Crippen LogP contribution in [-0.4, -0.2) is 13.5 Å². The number of anilines is 1. The summed E-state index contributed by atoms with van der Waals surface area (Å²) in [5.74, 6) is -0.618. The molecular formula is C8H7BrF3NO2. The van der Waals surface area contributed by atoms with E-state index in [0.29, 0.717) is 4.47 Å². The summed E-state index contributed by atoms with van der Waals surface area (Å²) in [4.78, 5) is 0. The minimum atomic E-state index is -4.78. The molecular weight excluding hydrogens is 279 g/mol. The average Bonchev–Trinajstić information content (AvgIpc) is 1.99. The van der Waals surface area contributed by atoms with E-state index in [0.717, 1.165) is 6.07 Å². The molecule has 0 aliphatic carbocycles. The second kappa shape index (κ2) is 4.18. The highest BCUT2D eigenvalue weighted by Gasteiger charge is 2.33. The lowest BCUT2D eigenvalue weighted by molar-refractivity contribution is -0.275. The molecule has 1 aromatic rings. The third kappa shape index (κ3) is 3.19. The monoisotopic (exact) mass is 285 g/mol. The zero-order valence-electron chi connectivity index (χ0n) is 7.56. The molecule has 0 heterocycles. The summed E-state index contributed by atoms with van der Waals surface area (Å²) in [5.41, 5.74) is 5.51. The van der Waals surface area contributed by atoms with Gasteiger partial charge in [0.15, 0.2) is 11.5 Å². The van der Waals surface area contributed by atoms with Crippen LogP contribution in [0.3, 0.4) is 0 Å². The van der Waals surface area contributed by atoms with Crippen molar-refractivity contribution in [1.29, 1.82) is 0 Å². The molecule has 0 fully saturated rings. The number of benzene rings is 1. The molecule has 84 valence electrons. The molecule has 3 nitrogen and oxygen atoms in total. The molecule has 0 aliphatic rings. The van der Waals surface area contributed by atoms with Gasteiger partial charge in [0.2, 0.25) is 0 Å². The Hall–Kier alpha value is -1.11. The lowest BCUT2D eigenvalue weighted by Crippen LogP contribution is -2.17. The highest BCUT2D eigenvalue weighted by molar-refractivity contribution is 9.10. The Bertz CT molecular complexity index is 368. The van der Waals surface area contributed by atoms with Gasteiger partial charge < -0.3 is 15.2 Å². The molecule has 0 atom stereocenters. The van der Waals surface area contributed by atoms with Crippen LogP contribution < -0.4 is 15.2 Å². The normalized spacial score (nSPS) is 11.3. The van der Waals surface area contributed by atoms with Crippen LogP contribution in [0.1, 0.15) is 0 Å². The summed E-state index contributed by atoms with van der Waals surface area (Å²) in [6.07, 6.45) is -4.78. The van der Waals surface area contributed by atoms with Gasteiger partial charge in [-0.3, -0.25) is 0 Å². The Balaban J connectivity index is 3.15. The van der Waals surface area contributed by atoms with Gasteiger partial charge in [0.1, 0.15) is 0 Å². The van der Waals surface area contributed by atoms with E-state index in [1.54, 1.807) is 0 Å². The van der Waals surface area contributed by atoms with Gasteiger partial charge in [-0.2, -0.15) is 0 Å². The summed E-state index contributed by atoms with van der Waals surface area (Å²) >= 11 is 3.00. The van der Waals surface area contributed by atoms with Gasteiger partial charge in [0.05, 0.1) is 12.8 Å². The molecule has 1 rings (SSSR count). The number of hydrogen-bond acceptors (Lipinski definition) is 3. The molecule has 0 aliphatic heterocycles. The number of nitrogen functional groups attached to an aromatic ring is 1. The van der Waals surface area contributed by atoms with Crippen molar-refractivity contribution in [2.75, 3.05) is 12.8 Å². The molecule has 15 heavy (non-hydrogen) atoms. The van der Waals surface area contributed by atoms with Crippen molar-refractivity contribution >= 4 is 21.6 Å². The lowest BCUT2D eigenvalue weighted by Gasteiger charge is -2.14. The van der Waals surface area contributed by atoms with Crippen molar-refractivity contribution in [1.82, 2.24) is 0 Å². The summed E-state index contributed by atoms with van der Waals surface area (Å²) in [7, 11) is 1.21. The third-order valence-corrected chi connectivity index (χ3v) is 1.94. The first-order chi connectivity index (χ1) is 6.83. The Labute approximate surface area is 92.1 Å². The van der Waals surface area contributed by atoms with Gasteiger partial charge in [-0.25, -0.2) is 0 Å². The zero-order chi connectivity index (χ0) is 11.6. The fraction of sp³-hybridized carbons (Fsp3) is 0.250. The first kappa shape index (κ1) is 12.0. The predicted octanol–water partition coefficient (Wildman–Crippen LogP) is 2.94. The second-order valence-electron chi connectivity index (χ2n) is 2.57. The minimum absolute atomic E-state index is 0.0612. The van der Waals surface area contributed by atoms with Crippen molar-refractivity contribution in [3.05, 3.63) is 16.6 Å². The van der Waals surface area contributed by atoms with Crippen LogP contribution in [0.4, 0.5) is 18.9 Å². The molecule has 0 amide bonds. The highest BCUT2D eigenvalue weighted by Crippen LogP contribution is 2.39. The number of rotatable bonds is 2. The number of hydrogen-bond donors (Lipinski definition) is 1. The first-order valence-corrected chi connectivity index (χ1v) is 4.51. The first-order valence-electron chi connectivity index (χ1n) is 3.72. The van der Waals surface area contributed by atoms with E-state index >= 15 is 0 Å². The molecule has 0 bridgehead atoms. The van der Waals surface area contributed by atoms with Gasteiger partial charge in [-0.05, 0) is 12.1 Å². The SMILES string of the molecule is COc1c(N)cc(Br)cc1OC(F)(F)F.